The summed E-state index contributed by atoms with van der Waals surface area (Å²) >= 11 is 0. The van der Waals surface area contributed by atoms with Gasteiger partial charge in [-0.25, -0.2) is 9.37 Å². The van der Waals surface area contributed by atoms with Crippen molar-refractivity contribution < 1.29 is 9.13 Å². The van der Waals surface area contributed by atoms with Gasteiger partial charge in [0.15, 0.2) is 5.82 Å². The number of rotatable bonds is 7. The van der Waals surface area contributed by atoms with Gasteiger partial charge in [0.05, 0.1) is 41.8 Å². The Morgan fingerprint density at radius 3 is 2.82 bits per heavy atom. The van der Waals surface area contributed by atoms with Crippen LogP contribution in [-0.2, 0) is 4.74 Å². The summed E-state index contributed by atoms with van der Waals surface area (Å²) < 4.78 is 17.6. The first-order chi connectivity index (χ1) is 13.6. The lowest BCUT2D eigenvalue weighted by Gasteiger charge is -2.40. The summed E-state index contributed by atoms with van der Waals surface area (Å²) in [6.45, 7) is 5.42. The number of hydrogen-bond acceptors (Lipinski definition) is 7. The molecule has 0 unspecified atom stereocenters. The van der Waals surface area contributed by atoms with Crippen LogP contribution in [0, 0.1) is 0 Å². The van der Waals surface area contributed by atoms with Gasteiger partial charge in [-0.2, -0.15) is 5.10 Å². The third kappa shape index (κ3) is 4.01. The van der Waals surface area contributed by atoms with Gasteiger partial charge in [-0.15, -0.1) is 5.10 Å². The summed E-state index contributed by atoms with van der Waals surface area (Å²) in [6, 6.07) is 7.80. The molecule has 4 heterocycles. The molecule has 8 heteroatoms. The van der Waals surface area contributed by atoms with Gasteiger partial charge in [0.2, 0.25) is 0 Å². The standard InChI is InChI=1S/C20H23FN6O/c1-13(2)14-7-20(26-23-9-14)25-19-4-3-17-18(24-19)8-15(10-22-17)27-11-16(12-27)28-6-5-21/h3-4,7-10,13,16H,5-6,11-12H2,1-2H3,(H,24,25,26). The van der Waals surface area contributed by atoms with Crippen molar-refractivity contribution >= 4 is 28.4 Å². The van der Waals surface area contributed by atoms with E-state index in [4.69, 9.17) is 4.74 Å². The van der Waals surface area contributed by atoms with Crippen molar-refractivity contribution in [3.05, 3.63) is 42.2 Å². The summed E-state index contributed by atoms with van der Waals surface area (Å²) in [4.78, 5) is 11.3. The van der Waals surface area contributed by atoms with Gasteiger partial charge in [0.1, 0.15) is 12.5 Å². The number of anilines is 3. The molecule has 0 bridgehead atoms. The van der Waals surface area contributed by atoms with E-state index in [-0.39, 0.29) is 12.7 Å². The quantitative estimate of drug-likeness (QED) is 0.670. The second-order valence-electron chi connectivity index (χ2n) is 7.17. The lowest BCUT2D eigenvalue weighted by molar-refractivity contribution is 0.0268. The number of alkyl halides is 1. The van der Waals surface area contributed by atoms with Crippen LogP contribution in [0.4, 0.5) is 21.7 Å². The van der Waals surface area contributed by atoms with Gasteiger partial charge in [0.25, 0.3) is 0 Å². The monoisotopic (exact) mass is 382 g/mol. The van der Waals surface area contributed by atoms with Crippen molar-refractivity contribution in [2.75, 3.05) is 36.6 Å². The molecule has 0 aliphatic carbocycles. The van der Waals surface area contributed by atoms with E-state index in [9.17, 15) is 4.39 Å². The fourth-order valence-electron chi connectivity index (χ4n) is 3.09. The molecular formula is C20H23FN6O. The number of aromatic nitrogens is 4. The molecule has 7 nitrogen and oxygen atoms in total. The Balaban J connectivity index is 1.50. The molecule has 1 aliphatic rings. The second-order valence-corrected chi connectivity index (χ2v) is 7.17. The highest BCUT2D eigenvalue weighted by Gasteiger charge is 2.27. The first-order valence-corrected chi connectivity index (χ1v) is 9.41. The van der Waals surface area contributed by atoms with Crippen LogP contribution in [0.5, 0.6) is 0 Å². The summed E-state index contributed by atoms with van der Waals surface area (Å²) in [6.07, 6.45) is 3.69. The number of fused-ring (bicyclic) bond motifs is 1. The molecule has 1 fully saturated rings. The lowest BCUT2D eigenvalue weighted by Crippen LogP contribution is -2.52. The van der Waals surface area contributed by atoms with Crippen molar-refractivity contribution in [3.63, 3.8) is 0 Å². The van der Waals surface area contributed by atoms with E-state index >= 15 is 0 Å². The molecule has 28 heavy (non-hydrogen) atoms. The Hall–Kier alpha value is -2.87. The minimum atomic E-state index is -0.446. The third-order valence-corrected chi connectivity index (χ3v) is 4.77. The van der Waals surface area contributed by atoms with Gasteiger partial charge < -0.3 is 15.0 Å². The van der Waals surface area contributed by atoms with E-state index < -0.39 is 6.67 Å². The average molecular weight is 382 g/mol. The van der Waals surface area contributed by atoms with E-state index in [2.05, 4.69) is 44.2 Å². The van der Waals surface area contributed by atoms with Gasteiger partial charge >= 0.3 is 0 Å². The van der Waals surface area contributed by atoms with Crippen LogP contribution in [0.15, 0.2) is 36.7 Å². The van der Waals surface area contributed by atoms with E-state index in [0.717, 1.165) is 35.4 Å². The topological polar surface area (TPSA) is 76.1 Å². The largest absolute Gasteiger partial charge is 0.372 e. The number of ether oxygens (including phenoxy) is 1. The maximum Gasteiger partial charge on any atom is 0.154 e. The number of hydrogen-bond donors (Lipinski definition) is 1. The second kappa shape index (κ2) is 8.02. The molecule has 3 aromatic heterocycles. The van der Waals surface area contributed by atoms with Crippen LogP contribution < -0.4 is 10.2 Å². The summed E-state index contributed by atoms with van der Waals surface area (Å²) in [5, 5.41) is 11.4. The Morgan fingerprint density at radius 2 is 2.04 bits per heavy atom. The van der Waals surface area contributed by atoms with E-state index in [1.165, 1.54) is 0 Å². The van der Waals surface area contributed by atoms with Crippen molar-refractivity contribution in [1.29, 1.82) is 0 Å². The van der Waals surface area contributed by atoms with Crippen LogP contribution in [0.2, 0.25) is 0 Å². The lowest BCUT2D eigenvalue weighted by atomic mass is 10.1. The fourth-order valence-corrected chi connectivity index (χ4v) is 3.09. The van der Waals surface area contributed by atoms with Crippen LogP contribution in [0.1, 0.15) is 25.3 Å². The van der Waals surface area contributed by atoms with Crippen LogP contribution in [-0.4, -0.2) is 52.6 Å². The molecule has 0 saturated carbocycles. The predicted molar refractivity (Wildman–Crippen MR) is 107 cm³/mol. The zero-order chi connectivity index (χ0) is 19.5. The zero-order valence-electron chi connectivity index (χ0n) is 16.0. The van der Waals surface area contributed by atoms with Gasteiger partial charge in [0, 0.05) is 13.1 Å². The minimum Gasteiger partial charge on any atom is -0.372 e. The van der Waals surface area contributed by atoms with Gasteiger partial charge in [-0.05, 0) is 35.7 Å². The molecule has 0 amide bonds. The Morgan fingerprint density at radius 1 is 1.18 bits per heavy atom. The normalized spacial score (nSPS) is 14.5. The van der Waals surface area contributed by atoms with Crippen LogP contribution in [0.3, 0.4) is 0 Å². The Bertz CT molecular complexity index is 960. The van der Waals surface area contributed by atoms with E-state index in [1.54, 1.807) is 6.20 Å². The highest BCUT2D eigenvalue weighted by Crippen LogP contribution is 2.26. The zero-order valence-corrected chi connectivity index (χ0v) is 16.0. The van der Waals surface area contributed by atoms with Crippen molar-refractivity contribution in [2.24, 2.45) is 0 Å². The minimum absolute atomic E-state index is 0.0826. The smallest absolute Gasteiger partial charge is 0.154 e. The molecule has 0 radical (unpaired) electrons. The van der Waals surface area contributed by atoms with Gasteiger partial charge in [-0.1, -0.05) is 13.8 Å². The van der Waals surface area contributed by atoms with Crippen molar-refractivity contribution in [1.82, 2.24) is 20.2 Å². The molecule has 0 spiro atoms. The fraction of sp³-hybridized carbons (Fsp3) is 0.400. The number of halogens is 1. The molecule has 0 atom stereocenters. The summed E-state index contributed by atoms with van der Waals surface area (Å²) in [5.74, 6) is 1.73. The maximum atomic E-state index is 12.2. The number of nitrogens with one attached hydrogen (secondary N) is 1. The SMILES string of the molecule is CC(C)c1cnnc(Nc2ccc3ncc(N4CC(OCCF)C4)cc3n2)c1. The Labute approximate surface area is 163 Å². The Kier molecular flexibility index (Phi) is 5.29. The predicted octanol–water partition coefficient (Wildman–Crippen LogP) is 3.46. The number of pyridine rings is 2. The molecular weight excluding hydrogens is 359 g/mol. The van der Waals surface area contributed by atoms with Crippen molar-refractivity contribution in [2.45, 2.75) is 25.9 Å². The van der Waals surface area contributed by atoms with Crippen LogP contribution >= 0.6 is 0 Å². The first-order valence-electron chi connectivity index (χ1n) is 9.41. The van der Waals surface area contributed by atoms with Crippen molar-refractivity contribution in [3.8, 4) is 0 Å². The van der Waals surface area contributed by atoms with Crippen LogP contribution in [0.25, 0.3) is 11.0 Å². The third-order valence-electron chi connectivity index (χ3n) is 4.77. The molecule has 1 N–H and O–H groups in total. The molecule has 4 rings (SSSR count). The molecule has 1 aliphatic heterocycles. The highest BCUT2D eigenvalue weighted by molar-refractivity contribution is 5.80. The molecule has 146 valence electrons. The average Bonchev–Trinajstić information content (AvgIpc) is 2.67. The van der Waals surface area contributed by atoms with E-state index in [0.29, 0.717) is 17.6 Å². The summed E-state index contributed by atoms with van der Waals surface area (Å²) in [7, 11) is 0. The number of nitrogens with zero attached hydrogens (tertiary/aromatic N) is 5. The van der Waals surface area contributed by atoms with E-state index in [1.807, 2.05) is 30.5 Å². The molecule has 1 saturated heterocycles. The maximum absolute atomic E-state index is 12.2. The first kappa shape index (κ1) is 18.5. The molecule has 0 aromatic carbocycles. The highest BCUT2D eigenvalue weighted by atomic mass is 19.1. The molecule has 3 aromatic rings. The summed E-state index contributed by atoms with van der Waals surface area (Å²) in [5.41, 5.74) is 3.72. The van der Waals surface area contributed by atoms with Gasteiger partial charge in [-0.3, -0.25) is 4.98 Å².